The first-order valence-electron chi connectivity index (χ1n) is 10.2. The van der Waals surface area contributed by atoms with E-state index in [-0.39, 0.29) is 10.8 Å². The molecule has 0 atom stereocenters. The van der Waals surface area contributed by atoms with Gasteiger partial charge in [-0.2, -0.15) is 0 Å². The molecule has 0 unspecified atom stereocenters. The molecule has 1 saturated heterocycles. The standard InChI is InChI=1S/C23H23ClN4O3S/c1-17-5-10-20(32(30,31)26-19-8-6-18(24)7-9-19)16-21(17)23(29)28-14-12-27(13-15-28)22-4-2-3-11-25-22/h2-11,16,26H,12-15H2,1H3. The summed E-state index contributed by atoms with van der Waals surface area (Å²) >= 11 is 5.86. The summed E-state index contributed by atoms with van der Waals surface area (Å²) in [5, 5.41) is 0.513. The van der Waals surface area contributed by atoms with Crippen LogP contribution in [0.25, 0.3) is 0 Å². The van der Waals surface area contributed by atoms with Crippen molar-refractivity contribution in [2.24, 2.45) is 0 Å². The predicted octanol–water partition coefficient (Wildman–Crippen LogP) is 3.81. The maximum absolute atomic E-state index is 13.2. The van der Waals surface area contributed by atoms with Crippen molar-refractivity contribution in [2.75, 3.05) is 35.8 Å². The van der Waals surface area contributed by atoms with Crippen LogP contribution in [0.15, 0.2) is 71.8 Å². The Labute approximate surface area is 192 Å². The molecular formula is C23H23ClN4O3S. The Morgan fingerprint density at radius 1 is 1.00 bits per heavy atom. The first-order valence-corrected chi connectivity index (χ1v) is 12.0. The first-order chi connectivity index (χ1) is 15.3. The zero-order valence-corrected chi connectivity index (χ0v) is 19.1. The van der Waals surface area contributed by atoms with Gasteiger partial charge in [0.05, 0.1) is 4.90 Å². The van der Waals surface area contributed by atoms with Crippen molar-refractivity contribution >= 4 is 39.0 Å². The van der Waals surface area contributed by atoms with E-state index in [1.165, 1.54) is 12.1 Å². The Morgan fingerprint density at radius 2 is 1.72 bits per heavy atom. The number of hydrogen-bond donors (Lipinski definition) is 1. The number of amides is 1. The molecule has 3 aromatic rings. The lowest BCUT2D eigenvalue weighted by atomic mass is 10.1. The van der Waals surface area contributed by atoms with Gasteiger partial charge in [-0.1, -0.05) is 23.7 Å². The van der Waals surface area contributed by atoms with E-state index >= 15 is 0 Å². The maximum atomic E-state index is 13.2. The number of pyridine rings is 1. The first kappa shape index (κ1) is 22.1. The molecule has 2 aromatic carbocycles. The summed E-state index contributed by atoms with van der Waals surface area (Å²) in [5.74, 6) is 0.712. The fourth-order valence-electron chi connectivity index (χ4n) is 3.58. The third-order valence-corrected chi connectivity index (χ3v) is 7.02. The van der Waals surface area contributed by atoms with Crippen molar-refractivity contribution in [3.8, 4) is 0 Å². The maximum Gasteiger partial charge on any atom is 0.261 e. The zero-order chi connectivity index (χ0) is 22.7. The van der Waals surface area contributed by atoms with Crippen LogP contribution in [0, 0.1) is 6.92 Å². The summed E-state index contributed by atoms with van der Waals surface area (Å²) in [6.45, 7) is 4.21. The highest BCUT2D eigenvalue weighted by Gasteiger charge is 2.25. The average molecular weight is 471 g/mol. The fraction of sp³-hybridized carbons (Fsp3) is 0.217. The van der Waals surface area contributed by atoms with Crippen LogP contribution in [0.4, 0.5) is 11.5 Å². The third-order valence-electron chi connectivity index (χ3n) is 5.39. The highest BCUT2D eigenvalue weighted by atomic mass is 35.5. The van der Waals surface area contributed by atoms with Crippen molar-refractivity contribution in [2.45, 2.75) is 11.8 Å². The van der Waals surface area contributed by atoms with Crippen molar-refractivity contribution in [1.82, 2.24) is 9.88 Å². The molecule has 1 aliphatic rings. The molecule has 1 aromatic heterocycles. The normalized spacial score (nSPS) is 14.3. The molecule has 0 saturated carbocycles. The molecule has 2 heterocycles. The average Bonchev–Trinajstić information content (AvgIpc) is 2.81. The molecule has 1 fully saturated rings. The van der Waals surface area contributed by atoms with E-state index < -0.39 is 10.0 Å². The molecule has 1 aliphatic heterocycles. The minimum Gasteiger partial charge on any atom is -0.353 e. The summed E-state index contributed by atoms with van der Waals surface area (Å²) in [6.07, 6.45) is 1.75. The number of halogens is 1. The highest BCUT2D eigenvalue weighted by molar-refractivity contribution is 7.92. The lowest BCUT2D eigenvalue weighted by Gasteiger charge is -2.35. The second kappa shape index (κ2) is 9.18. The van der Waals surface area contributed by atoms with Crippen molar-refractivity contribution in [1.29, 1.82) is 0 Å². The van der Waals surface area contributed by atoms with E-state index in [1.807, 2.05) is 18.2 Å². The third kappa shape index (κ3) is 4.87. The zero-order valence-electron chi connectivity index (χ0n) is 17.5. The van der Waals surface area contributed by atoms with Gasteiger partial charge in [-0.25, -0.2) is 13.4 Å². The molecule has 0 spiro atoms. The topological polar surface area (TPSA) is 82.6 Å². The molecule has 1 N–H and O–H groups in total. The molecule has 1 amide bonds. The van der Waals surface area contributed by atoms with Gasteiger partial charge in [-0.3, -0.25) is 9.52 Å². The van der Waals surface area contributed by atoms with Crippen molar-refractivity contribution < 1.29 is 13.2 Å². The number of rotatable bonds is 5. The van der Waals surface area contributed by atoms with Crippen LogP contribution in [0.5, 0.6) is 0 Å². The quantitative estimate of drug-likeness (QED) is 0.613. The van der Waals surface area contributed by atoms with Gasteiger partial charge < -0.3 is 9.80 Å². The molecule has 166 valence electrons. The Hall–Kier alpha value is -3.10. The van der Waals surface area contributed by atoms with E-state index in [1.54, 1.807) is 48.4 Å². The number of nitrogens with zero attached hydrogens (tertiary/aromatic N) is 3. The number of sulfonamides is 1. The van der Waals surface area contributed by atoms with E-state index in [4.69, 9.17) is 11.6 Å². The van der Waals surface area contributed by atoms with Crippen molar-refractivity contribution in [3.05, 3.63) is 83.0 Å². The predicted molar refractivity (Wildman–Crippen MR) is 126 cm³/mol. The monoisotopic (exact) mass is 470 g/mol. The number of piperazine rings is 1. The number of hydrogen-bond acceptors (Lipinski definition) is 5. The molecule has 32 heavy (non-hydrogen) atoms. The summed E-state index contributed by atoms with van der Waals surface area (Å²) in [4.78, 5) is 21.5. The minimum atomic E-state index is -3.85. The minimum absolute atomic E-state index is 0.0357. The summed E-state index contributed by atoms with van der Waals surface area (Å²) < 4.78 is 28.3. The Balaban J connectivity index is 1.50. The van der Waals surface area contributed by atoms with Gasteiger partial charge in [-0.15, -0.1) is 0 Å². The molecule has 0 bridgehead atoms. The van der Waals surface area contributed by atoms with Crippen molar-refractivity contribution in [3.63, 3.8) is 0 Å². The van der Waals surface area contributed by atoms with Gasteiger partial charge in [0.25, 0.3) is 15.9 Å². The second-order valence-electron chi connectivity index (χ2n) is 7.56. The smallest absolute Gasteiger partial charge is 0.261 e. The van der Waals surface area contributed by atoms with Crippen LogP contribution in [0.3, 0.4) is 0 Å². The van der Waals surface area contributed by atoms with E-state index in [0.717, 1.165) is 11.4 Å². The summed E-state index contributed by atoms with van der Waals surface area (Å²) in [7, 11) is -3.85. The lowest BCUT2D eigenvalue weighted by molar-refractivity contribution is 0.0745. The Morgan fingerprint density at radius 3 is 2.38 bits per heavy atom. The number of benzene rings is 2. The van der Waals surface area contributed by atoms with Gasteiger partial charge in [0, 0.05) is 48.6 Å². The van der Waals surface area contributed by atoms with Gasteiger partial charge >= 0.3 is 0 Å². The largest absolute Gasteiger partial charge is 0.353 e. The molecule has 7 nitrogen and oxygen atoms in total. The Kier molecular flexibility index (Phi) is 6.34. The van der Waals surface area contributed by atoms with Gasteiger partial charge in [0.15, 0.2) is 0 Å². The Bertz CT molecular complexity index is 1210. The number of anilines is 2. The van der Waals surface area contributed by atoms with Crippen LogP contribution >= 0.6 is 11.6 Å². The number of aryl methyl sites for hydroxylation is 1. The molecule has 4 rings (SSSR count). The molecule has 9 heteroatoms. The SMILES string of the molecule is Cc1ccc(S(=O)(=O)Nc2ccc(Cl)cc2)cc1C(=O)N1CCN(c2ccccn2)CC1. The summed E-state index contributed by atoms with van der Waals surface area (Å²) in [5.41, 5.74) is 1.51. The highest BCUT2D eigenvalue weighted by Crippen LogP contribution is 2.22. The van der Waals surface area contributed by atoms with Gasteiger partial charge in [0.1, 0.15) is 5.82 Å². The number of nitrogens with one attached hydrogen (secondary N) is 1. The van der Waals surface area contributed by atoms with E-state index in [9.17, 15) is 13.2 Å². The van der Waals surface area contributed by atoms with Crippen LogP contribution in [0.2, 0.25) is 5.02 Å². The lowest BCUT2D eigenvalue weighted by Crippen LogP contribution is -2.49. The van der Waals surface area contributed by atoms with Crippen LogP contribution < -0.4 is 9.62 Å². The second-order valence-corrected chi connectivity index (χ2v) is 9.68. The van der Waals surface area contributed by atoms with E-state index in [2.05, 4.69) is 14.6 Å². The molecule has 0 radical (unpaired) electrons. The molecule has 0 aliphatic carbocycles. The number of aromatic nitrogens is 1. The van der Waals surface area contributed by atoms with Gasteiger partial charge in [-0.05, 0) is 61.0 Å². The van der Waals surface area contributed by atoms with Crippen LogP contribution in [0.1, 0.15) is 15.9 Å². The fourth-order valence-corrected chi connectivity index (χ4v) is 4.79. The van der Waals surface area contributed by atoms with Crippen LogP contribution in [-0.2, 0) is 10.0 Å². The van der Waals surface area contributed by atoms with Crippen LogP contribution in [-0.4, -0.2) is 50.4 Å². The van der Waals surface area contributed by atoms with Gasteiger partial charge in [0.2, 0.25) is 0 Å². The number of carbonyl (C=O) groups is 1. The molecular weight excluding hydrogens is 448 g/mol. The summed E-state index contributed by atoms with van der Waals surface area (Å²) in [6, 6.07) is 16.7. The van der Waals surface area contributed by atoms with E-state index in [0.29, 0.717) is 42.5 Å². The number of carbonyl (C=O) groups excluding carboxylic acids is 1.